The van der Waals surface area contributed by atoms with E-state index in [0.29, 0.717) is 18.4 Å². The number of aromatic nitrogens is 2. The summed E-state index contributed by atoms with van der Waals surface area (Å²) in [7, 11) is 2.16. The fourth-order valence-corrected chi connectivity index (χ4v) is 5.72. The lowest BCUT2D eigenvalue weighted by molar-refractivity contribution is 0.146. The van der Waals surface area contributed by atoms with Crippen molar-refractivity contribution in [2.24, 2.45) is 7.05 Å². The summed E-state index contributed by atoms with van der Waals surface area (Å²) < 4.78 is 9.87. The van der Waals surface area contributed by atoms with Crippen LogP contribution in [0.3, 0.4) is 0 Å². The fraction of sp³-hybridized carbons (Fsp3) is 0.345. The molecule has 0 spiro atoms. The van der Waals surface area contributed by atoms with Crippen molar-refractivity contribution < 1.29 is 4.74 Å². The van der Waals surface area contributed by atoms with Crippen molar-refractivity contribution in [3.05, 3.63) is 94.0 Å². The summed E-state index contributed by atoms with van der Waals surface area (Å²) in [6, 6.07) is 20.5. The number of fused-ring (bicyclic) bond motifs is 3. The topological polar surface area (TPSA) is 51.4 Å². The Kier molecular flexibility index (Phi) is 5.92. The summed E-state index contributed by atoms with van der Waals surface area (Å²) in [6.07, 6.45) is 5.36. The molecule has 1 saturated heterocycles. The van der Waals surface area contributed by atoms with Gasteiger partial charge in [0.25, 0.3) is 5.56 Å². The Morgan fingerprint density at radius 1 is 1.03 bits per heavy atom. The number of piperidine rings is 1. The maximum Gasteiger partial charge on any atom is 0.258 e. The predicted molar refractivity (Wildman–Crippen MR) is 139 cm³/mol. The van der Waals surface area contributed by atoms with E-state index in [1.54, 1.807) is 10.6 Å². The second-order valence-corrected chi connectivity index (χ2v) is 9.73. The predicted octanol–water partition coefficient (Wildman–Crippen LogP) is 4.02. The molecule has 6 heteroatoms. The van der Waals surface area contributed by atoms with Crippen molar-refractivity contribution in [1.82, 2.24) is 19.4 Å². The van der Waals surface area contributed by atoms with E-state index in [-0.39, 0.29) is 5.56 Å². The van der Waals surface area contributed by atoms with Crippen molar-refractivity contribution >= 4 is 10.9 Å². The van der Waals surface area contributed by atoms with E-state index in [0.717, 1.165) is 43.9 Å². The van der Waals surface area contributed by atoms with Gasteiger partial charge in [0.15, 0.2) is 0 Å². The SMILES string of the molecule is Cn1c2c(c3ccc(-n4ccc(OCc5ccccc5)cc4=O)cc31)CN(C1CCNCC1)CC2. The zero-order chi connectivity index (χ0) is 23.8. The first-order chi connectivity index (χ1) is 17.2. The molecule has 0 atom stereocenters. The number of hydrogen-bond acceptors (Lipinski definition) is 4. The van der Waals surface area contributed by atoms with Gasteiger partial charge in [-0.3, -0.25) is 14.3 Å². The van der Waals surface area contributed by atoms with Crippen LogP contribution in [0.25, 0.3) is 16.6 Å². The molecule has 4 heterocycles. The normalized spacial score (nSPS) is 16.9. The summed E-state index contributed by atoms with van der Waals surface area (Å²) in [5, 5.41) is 4.79. The number of pyridine rings is 1. The van der Waals surface area contributed by atoms with Crippen LogP contribution >= 0.6 is 0 Å². The average Bonchev–Trinajstić information content (AvgIpc) is 3.19. The minimum Gasteiger partial charge on any atom is -0.489 e. The Labute approximate surface area is 205 Å². The van der Waals surface area contributed by atoms with Gasteiger partial charge in [0.2, 0.25) is 0 Å². The van der Waals surface area contributed by atoms with Crippen molar-refractivity contribution in [3.63, 3.8) is 0 Å². The van der Waals surface area contributed by atoms with Gasteiger partial charge < -0.3 is 14.6 Å². The van der Waals surface area contributed by atoms with Crippen LogP contribution < -0.4 is 15.6 Å². The molecule has 0 saturated carbocycles. The van der Waals surface area contributed by atoms with E-state index in [9.17, 15) is 4.79 Å². The van der Waals surface area contributed by atoms with Gasteiger partial charge in [-0.25, -0.2) is 0 Å². The zero-order valence-electron chi connectivity index (χ0n) is 20.2. The first kappa shape index (κ1) is 22.1. The number of ether oxygens (including phenoxy) is 1. The van der Waals surface area contributed by atoms with Gasteiger partial charge in [0, 0.05) is 55.9 Å². The van der Waals surface area contributed by atoms with Gasteiger partial charge >= 0.3 is 0 Å². The fourth-order valence-electron chi connectivity index (χ4n) is 5.72. The summed E-state index contributed by atoms with van der Waals surface area (Å²) in [5.74, 6) is 0.587. The Hall–Kier alpha value is -3.35. The van der Waals surface area contributed by atoms with E-state index in [4.69, 9.17) is 4.74 Å². The Bertz CT molecular complexity index is 1400. The lowest BCUT2D eigenvalue weighted by Crippen LogP contribution is -2.45. The summed E-state index contributed by atoms with van der Waals surface area (Å²) in [6.45, 7) is 4.83. The van der Waals surface area contributed by atoms with Crippen LogP contribution in [0.4, 0.5) is 0 Å². The van der Waals surface area contributed by atoms with E-state index in [1.807, 2.05) is 42.6 Å². The Morgan fingerprint density at radius 2 is 1.86 bits per heavy atom. The third-order valence-corrected chi connectivity index (χ3v) is 7.66. The number of aryl methyl sites for hydroxylation is 1. The maximum absolute atomic E-state index is 12.9. The molecule has 1 N–H and O–H groups in total. The van der Waals surface area contributed by atoms with Crippen LogP contribution in [-0.4, -0.2) is 39.7 Å². The van der Waals surface area contributed by atoms with Gasteiger partial charge in [-0.15, -0.1) is 0 Å². The zero-order valence-corrected chi connectivity index (χ0v) is 20.2. The lowest BCUT2D eigenvalue weighted by Gasteiger charge is -2.37. The third-order valence-electron chi connectivity index (χ3n) is 7.66. The molecule has 2 aliphatic heterocycles. The molecule has 0 radical (unpaired) electrons. The minimum atomic E-state index is -0.0917. The quantitative estimate of drug-likeness (QED) is 0.481. The van der Waals surface area contributed by atoms with E-state index in [1.165, 1.54) is 35.0 Å². The molecule has 2 aliphatic rings. The molecule has 1 fully saturated rings. The maximum atomic E-state index is 12.9. The number of hydrogen-bond donors (Lipinski definition) is 1. The molecule has 0 unspecified atom stereocenters. The number of rotatable bonds is 5. The molecule has 2 aromatic heterocycles. The first-order valence-corrected chi connectivity index (χ1v) is 12.6. The molecular weight excluding hydrogens is 436 g/mol. The highest BCUT2D eigenvalue weighted by Gasteiger charge is 2.28. The molecule has 6 rings (SSSR count). The first-order valence-electron chi connectivity index (χ1n) is 12.6. The Morgan fingerprint density at radius 3 is 2.66 bits per heavy atom. The van der Waals surface area contributed by atoms with Gasteiger partial charge in [0.1, 0.15) is 12.4 Å². The summed E-state index contributed by atoms with van der Waals surface area (Å²) in [4.78, 5) is 15.6. The third kappa shape index (κ3) is 4.28. The number of nitrogens with zero attached hydrogens (tertiary/aromatic N) is 3. The highest BCUT2D eigenvalue weighted by molar-refractivity contribution is 5.87. The molecule has 0 amide bonds. The van der Waals surface area contributed by atoms with Gasteiger partial charge in [-0.2, -0.15) is 0 Å². The standard InChI is InChI=1S/C29H32N4O2/c1-31-27-12-15-32(22-9-13-30-14-10-22)19-26(27)25-8-7-23(17-28(25)31)33-16-11-24(18-29(33)34)35-20-21-5-3-2-4-6-21/h2-8,11,16-18,22,30H,9-10,12-15,19-20H2,1H3. The molecule has 4 aromatic rings. The minimum absolute atomic E-state index is 0.0917. The second kappa shape index (κ2) is 9.36. The molecule has 0 bridgehead atoms. The largest absolute Gasteiger partial charge is 0.489 e. The number of nitrogens with one attached hydrogen (secondary N) is 1. The highest BCUT2D eigenvalue weighted by Crippen LogP contribution is 2.33. The van der Waals surface area contributed by atoms with Crippen molar-refractivity contribution in [3.8, 4) is 11.4 Å². The number of benzene rings is 2. The molecule has 0 aliphatic carbocycles. The molecule has 180 valence electrons. The van der Waals surface area contributed by atoms with E-state index in [2.05, 4.69) is 40.0 Å². The monoisotopic (exact) mass is 468 g/mol. The molecule has 35 heavy (non-hydrogen) atoms. The molecule has 6 nitrogen and oxygen atoms in total. The van der Waals surface area contributed by atoms with Crippen LogP contribution in [-0.2, 0) is 26.6 Å². The Balaban J connectivity index is 1.26. The van der Waals surface area contributed by atoms with Crippen molar-refractivity contribution in [1.29, 1.82) is 0 Å². The van der Waals surface area contributed by atoms with E-state index < -0.39 is 0 Å². The van der Waals surface area contributed by atoms with Crippen LogP contribution in [0.15, 0.2) is 71.7 Å². The van der Waals surface area contributed by atoms with Crippen LogP contribution in [0, 0.1) is 0 Å². The molecule has 2 aromatic carbocycles. The van der Waals surface area contributed by atoms with Crippen LogP contribution in [0.5, 0.6) is 5.75 Å². The van der Waals surface area contributed by atoms with Crippen LogP contribution in [0.2, 0.25) is 0 Å². The molecular formula is C29H32N4O2. The summed E-state index contributed by atoms with van der Waals surface area (Å²) >= 11 is 0. The average molecular weight is 469 g/mol. The highest BCUT2D eigenvalue weighted by atomic mass is 16.5. The van der Waals surface area contributed by atoms with Crippen molar-refractivity contribution in [2.45, 2.75) is 38.5 Å². The van der Waals surface area contributed by atoms with Gasteiger partial charge in [0.05, 0.1) is 11.2 Å². The smallest absolute Gasteiger partial charge is 0.258 e. The van der Waals surface area contributed by atoms with Gasteiger partial charge in [-0.1, -0.05) is 36.4 Å². The van der Waals surface area contributed by atoms with Gasteiger partial charge in [-0.05, 0) is 55.3 Å². The summed E-state index contributed by atoms with van der Waals surface area (Å²) in [5.41, 5.74) is 5.94. The lowest BCUT2D eigenvalue weighted by atomic mass is 9.98. The second-order valence-electron chi connectivity index (χ2n) is 9.73. The van der Waals surface area contributed by atoms with Crippen LogP contribution in [0.1, 0.15) is 29.7 Å². The van der Waals surface area contributed by atoms with E-state index >= 15 is 0 Å². The van der Waals surface area contributed by atoms with Crippen molar-refractivity contribution in [2.75, 3.05) is 19.6 Å².